The molecule has 0 saturated carbocycles. The fraction of sp³-hybridized carbons (Fsp3) is 0.273. The maximum absolute atomic E-state index is 4.98. The van der Waals surface area contributed by atoms with Crippen molar-refractivity contribution in [2.75, 3.05) is 6.54 Å². The zero-order chi connectivity index (χ0) is 16.9. The summed E-state index contributed by atoms with van der Waals surface area (Å²) in [6.07, 6.45) is 5.16. The van der Waals surface area contributed by atoms with Crippen LogP contribution >= 0.6 is 0 Å². The normalized spacial score (nSPS) is 17.7. The highest BCUT2D eigenvalue weighted by molar-refractivity contribution is 5.24. The average molecular weight is 329 g/mol. The van der Waals surface area contributed by atoms with E-state index in [1.807, 2.05) is 12.3 Å². The SMILES string of the molecule is c1ccc(Cc2cccc(C3CCCN3Cc3ccccn3)n2)cc1. The molecule has 1 unspecified atom stereocenters. The first-order valence-corrected chi connectivity index (χ1v) is 9.02. The summed E-state index contributed by atoms with van der Waals surface area (Å²) >= 11 is 0. The van der Waals surface area contributed by atoms with E-state index in [1.165, 1.54) is 24.1 Å². The zero-order valence-electron chi connectivity index (χ0n) is 14.4. The molecule has 0 aliphatic carbocycles. The number of rotatable bonds is 5. The fourth-order valence-electron chi connectivity index (χ4n) is 3.64. The molecule has 1 saturated heterocycles. The summed E-state index contributed by atoms with van der Waals surface area (Å²) in [6.45, 7) is 2.02. The Morgan fingerprint density at radius 2 is 1.72 bits per heavy atom. The molecular weight excluding hydrogens is 306 g/mol. The Kier molecular flexibility index (Phi) is 4.84. The number of pyridine rings is 2. The lowest BCUT2D eigenvalue weighted by molar-refractivity contribution is 0.241. The molecule has 25 heavy (non-hydrogen) atoms. The molecule has 0 N–H and O–H groups in total. The van der Waals surface area contributed by atoms with Gasteiger partial charge < -0.3 is 0 Å². The van der Waals surface area contributed by atoms with Crippen molar-refractivity contribution in [2.24, 2.45) is 0 Å². The monoisotopic (exact) mass is 329 g/mol. The molecular formula is C22H23N3. The van der Waals surface area contributed by atoms with Crippen LogP contribution in [0.15, 0.2) is 72.9 Å². The van der Waals surface area contributed by atoms with Crippen LogP contribution in [0.3, 0.4) is 0 Å². The van der Waals surface area contributed by atoms with Gasteiger partial charge in [-0.3, -0.25) is 14.9 Å². The molecule has 0 amide bonds. The lowest BCUT2D eigenvalue weighted by Gasteiger charge is -2.24. The van der Waals surface area contributed by atoms with Crippen molar-refractivity contribution < 1.29 is 0 Å². The van der Waals surface area contributed by atoms with E-state index in [0.717, 1.165) is 30.9 Å². The van der Waals surface area contributed by atoms with Crippen molar-refractivity contribution in [3.8, 4) is 0 Å². The summed E-state index contributed by atoms with van der Waals surface area (Å²) in [7, 11) is 0. The first-order valence-electron chi connectivity index (χ1n) is 9.02. The molecule has 3 heterocycles. The van der Waals surface area contributed by atoms with Gasteiger partial charge in [-0.2, -0.15) is 0 Å². The number of hydrogen-bond acceptors (Lipinski definition) is 3. The van der Waals surface area contributed by atoms with E-state index in [0.29, 0.717) is 6.04 Å². The molecule has 0 bridgehead atoms. The van der Waals surface area contributed by atoms with Crippen molar-refractivity contribution >= 4 is 0 Å². The highest BCUT2D eigenvalue weighted by atomic mass is 15.2. The molecule has 1 fully saturated rings. The first-order chi connectivity index (χ1) is 12.4. The van der Waals surface area contributed by atoms with Crippen molar-refractivity contribution in [3.05, 3.63) is 95.6 Å². The highest BCUT2D eigenvalue weighted by Gasteiger charge is 2.27. The molecule has 1 atom stereocenters. The Morgan fingerprint density at radius 1 is 0.880 bits per heavy atom. The van der Waals surface area contributed by atoms with Gasteiger partial charge in [-0.05, 0) is 49.2 Å². The standard InChI is InChI=1S/C22H23N3/c1-2-8-18(9-3-1)16-19-11-6-12-21(24-19)22-13-7-15-25(22)17-20-10-4-5-14-23-20/h1-6,8-12,14,22H,7,13,15-17H2. The molecule has 0 spiro atoms. The summed E-state index contributed by atoms with van der Waals surface area (Å²) in [5.41, 5.74) is 4.79. The summed E-state index contributed by atoms with van der Waals surface area (Å²) in [5.74, 6) is 0. The lowest BCUT2D eigenvalue weighted by atomic mass is 10.1. The van der Waals surface area contributed by atoms with Gasteiger partial charge in [-0.1, -0.05) is 42.5 Å². The van der Waals surface area contributed by atoms with E-state index >= 15 is 0 Å². The van der Waals surface area contributed by atoms with Gasteiger partial charge in [0.2, 0.25) is 0 Å². The van der Waals surface area contributed by atoms with Crippen LogP contribution in [0.1, 0.15) is 41.5 Å². The smallest absolute Gasteiger partial charge is 0.0579 e. The van der Waals surface area contributed by atoms with Gasteiger partial charge in [0.25, 0.3) is 0 Å². The molecule has 2 aromatic heterocycles. The van der Waals surface area contributed by atoms with E-state index in [-0.39, 0.29) is 0 Å². The third-order valence-electron chi connectivity index (χ3n) is 4.85. The third kappa shape index (κ3) is 3.94. The summed E-state index contributed by atoms with van der Waals surface area (Å²) in [6, 6.07) is 23.6. The molecule has 126 valence electrons. The van der Waals surface area contributed by atoms with Crippen LogP contribution in [-0.2, 0) is 13.0 Å². The van der Waals surface area contributed by atoms with Crippen LogP contribution in [0.4, 0.5) is 0 Å². The van der Waals surface area contributed by atoms with E-state index in [4.69, 9.17) is 4.98 Å². The van der Waals surface area contributed by atoms with E-state index in [9.17, 15) is 0 Å². The van der Waals surface area contributed by atoms with Gasteiger partial charge in [-0.15, -0.1) is 0 Å². The van der Waals surface area contributed by atoms with E-state index < -0.39 is 0 Å². The highest BCUT2D eigenvalue weighted by Crippen LogP contribution is 2.32. The van der Waals surface area contributed by atoms with Crippen LogP contribution in [0.2, 0.25) is 0 Å². The van der Waals surface area contributed by atoms with Gasteiger partial charge in [0.05, 0.1) is 17.4 Å². The largest absolute Gasteiger partial charge is 0.289 e. The van der Waals surface area contributed by atoms with Crippen molar-refractivity contribution in [3.63, 3.8) is 0 Å². The maximum atomic E-state index is 4.98. The average Bonchev–Trinajstić information content (AvgIpc) is 3.12. The quantitative estimate of drug-likeness (QED) is 0.694. The molecule has 1 aromatic carbocycles. The lowest BCUT2D eigenvalue weighted by Crippen LogP contribution is -2.24. The second-order valence-electron chi connectivity index (χ2n) is 6.67. The van der Waals surface area contributed by atoms with Crippen LogP contribution in [0.25, 0.3) is 0 Å². The van der Waals surface area contributed by atoms with Gasteiger partial charge >= 0.3 is 0 Å². The number of likely N-dealkylation sites (tertiary alicyclic amines) is 1. The van der Waals surface area contributed by atoms with Crippen LogP contribution in [0, 0.1) is 0 Å². The van der Waals surface area contributed by atoms with Crippen molar-refractivity contribution in [1.29, 1.82) is 0 Å². The summed E-state index contributed by atoms with van der Waals surface area (Å²) in [5, 5.41) is 0. The molecule has 3 heteroatoms. The second-order valence-corrected chi connectivity index (χ2v) is 6.67. The predicted octanol–water partition coefficient (Wildman–Crippen LogP) is 4.40. The van der Waals surface area contributed by atoms with Crippen LogP contribution < -0.4 is 0 Å². The number of nitrogens with zero attached hydrogens (tertiary/aromatic N) is 3. The maximum Gasteiger partial charge on any atom is 0.0579 e. The molecule has 3 aromatic rings. The minimum Gasteiger partial charge on any atom is -0.289 e. The molecule has 3 nitrogen and oxygen atoms in total. The second kappa shape index (κ2) is 7.58. The zero-order valence-corrected chi connectivity index (χ0v) is 14.4. The molecule has 1 aliphatic heterocycles. The predicted molar refractivity (Wildman–Crippen MR) is 100 cm³/mol. The minimum absolute atomic E-state index is 0.401. The van der Waals surface area contributed by atoms with Gasteiger partial charge in [0, 0.05) is 24.9 Å². The third-order valence-corrected chi connectivity index (χ3v) is 4.85. The van der Waals surface area contributed by atoms with E-state index in [1.54, 1.807) is 0 Å². The molecule has 0 radical (unpaired) electrons. The first kappa shape index (κ1) is 16.0. The summed E-state index contributed by atoms with van der Waals surface area (Å²) < 4.78 is 0. The van der Waals surface area contributed by atoms with Gasteiger partial charge in [-0.25, -0.2) is 0 Å². The van der Waals surface area contributed by atoms with Crippen molar-refractivity contribution in [1.82, 2.24) is 14.9 Å². The Morgan fingerprint density at radius 3 is 2.56 bits per heavy atom. The Labute approximate surface area is 149 Å². The summed E-state index contributed by atoms with van der Waals surface area (Å²) in [4.78, 5) is 12.0. The number of benzene rings is 1. The minimum atomic E-state index is 0.401. The van der Waals surface area contributed by atoms with Gasteiger partial charge in [0.15, 0.2) is 0 Å². The van der Waals surface area contributed by atoms with Crippen molar-refractivity contribution in [2.45, 2.75) is 31.8 Å². The van der Waals surface area contributed by atoms with E-state index in [2.05, 4.69) is 70.5 Å². The number of hydrogen-bond donors (Lipinski definition) is 0. The van der Waals surface area contributed by atoms with Crippen LogP contribution in [-0.4, -0.2) is 21.4 Å². The molecule has 4 rings (SSSR count). The van der Waals surface area contributed by atoms with Crippen LogP contribution in [0.5, 0.6) is 0 Å². The number of aromatic nitrogens is 2. The van der Waals surface area contributed by atoms with Gasteiger partial charge in [0.1, 0.15) is 0 Å². The Bertz CT molecular complexity index is 802. The Balaban J connectivity index is 1.51. The Hall–Kier alpha value is -2.52. The molecule has 1 aliphatic rings. The fourth-order valence-corrected chi connectivity index (χ4v) is 3.64. The topological polar surface area (TPSA) is 29.0 Å².